The van der Waals surface area contributed by atoms with Crippen LogP contribution >= 0.6 is 0 Å². The van der Waals surface area contributed by atoms with Crippen LogP contribution in [0.4, 0.5) is 10.1 Å². The number of rotatable bonds is 7. The van der Waals surface area contributed by atoms with Gasteiger partial charge in [0.15, 0.2) is 6.61 Å². The first-order chi connectivity index (χ1) is 15.0. The van der Waals surface area contributed by atoms with Gasteiger partial charge in [0.1, 0.15) is 18.1 Å². The average Bonchev–Trinajstić information content (AvgIpc) is 2.81. The molecule has 8 nitrogen and oxygen atoms in total. The zero-order valence-corrected chi connectivity index (χ0v) is 17.2. The van der Waals surface area contributed by atoms with E-state index in [4.69, 9.17) is 9.47 Å². The molecule has 0 saturated carbocycles. The molecule has 0 radical (unpaired) electrons. The highest BCUT2D eigenvalue weighted by molar-refractivity contribution is 5.98. The molecule has 1 heterocycles. The number of anilines is 1. The second-order valence-electron chi connectivity index (χ2n) is 6.89. The summed E-state index contributed by atoms with van der Waals surface area (Å²) in [6.07, 6.45) is 0. The van der Waals surface area contributed by atoms with Crippen LogP contribution in [-0.4, -0.2) is 69.1 Å². The largest absolute Gasteiger partial charge is 0.496 e. The monoisotopic (exact) mass is 429 g/mol. The molecule has 0 aromatic heterocycles. The highest BCUT2D eigenvalue weighted by Crippen LogP contribution is 2.17. The van der Waals surface area contributed by atoms with Gasteiger partial charge < -0.3 is 24.6 Å². The van der Waals surface area contributed by atoms with Gasteiger partial charge in [0, 0.05) is 31.9 Å². The van der Waals surface area contributed by atoms with Gasteiger partial charge in [-0.1, -0.05) is 12.1 Å². The highest BCUT2D eigenvalue weighted by Gasteiger charge is 2.22. The number of ether oxygens (including phenoxy) is 2. The minimum atomic E-state index is -0.707. The lowest BCUT2D eigenvalue weighted by molar-refractivity contribution is -0.151. The van der Waals surface area contributed by atoms with Crippen LogP contribution in [0.2, 0.25) is 0 Å². The summed E-state index contributed by atoms with van der Waals surface area (Å²) in [5, 5.41) is 2.45. The van der Waals surface area contributed by atoms with Crippen LogP contribution in [0.15, 0.2) is 48.5 Å². The van der Waals surface area contributed by atoms with E-state index in [1.165, 1.54) is 19.2 Å². The van der Waals surface area contributed by atoms with Crippen LogP contribution in [0.25, 0.3) is 0 Å². The fourth-order valence-electron chi connectivity index (χ4n) is 3.23. The van der Waals surface area contributed by atoms with Crippen LogP contribution in [0, 0.1) is 5.82 Å². The Morgan fingerprint density at radius 1 is 1.00 bits per heavy atom. The number of halogens is 1. The molecule has 0 unspecified atom stereocenters. The van der Waals surface area contributed by atoms with Crippen molar-refractivity contribution in [1.29, 1.82) is 0 Å². The summed E-state index contributed by atoms with van der Waals surface area (Å²) < 4.78 is 23.2. The summed E-state index contributed by atoms with van der Waals surface area (Å²) in [4.78, 5) is 40.1. The second-order valence-corrected chi connectivity index (χ2v) is 6.89. The predicted octanol–water partition coefficient (Wildman–Crippen LogP) is 1.46. The molecule has 2 aromatic rings. The average molecular weight is 429 g/mol. The van der Waals surface area contributed by atoms with Crippen LogP contribution in [-0.2, 0) is 14.3 Å². The van der Waals surface area contributed by atoms with Gasteiger partial charge in [-0.15, -0.1) is 0 Å². The van der Waals surface area contributed by atoms with Gasteiger partial charge in [-0.2, -0.15) is 0 Å². The first kappa shape index (κ1) is 22.1. The lowest BCUT2D eigenvalue weighted by Crippen LogP contribution is -2.50. The number of nitrogens with zero attached hydrogens (tertiary/aromatic N) is 2. The molecule has 0 aliphatic carbocycles. The molecule has 9 heteroatoms. The number of amides is 2. The molecular formula is C22H24FN3O5. The van der Waals surface area contributed by atoms with Crippen LogP contribution in [0.1, 0.15) is 10.4 Å². The molecule has 1 N–H and O–H groups in total. The maximum atomic E-state index is 13.0. The standard InChI is InChI=1S/C22H24FN3O5/c1-30-19-5-3-2-4-18(19)22(29)24-14-21(28)31-15-20(27)26-12-10-25(11-13-26)17-8-6-16(23)7-9-17/h2-9H,10-15H2,1H3,(H,24,29). The molecule has 0 spiro atoms. The van der Waals surface area contributed by atoms with Crippen LogP contribution in [0.3, 0.4) is 0 Å². The van der Waals surface area contributed by atoms with Crippen molar-refractivity contribution in [1.82, 2.24) is 10.2 Å². The maximum absolute atomic E-state index is 13.0. The van der Waals surface area contributed by atoms with Crippen molar-refractivity contribution in [3.63, 3.8) is 0 Å². The van der Waals surface area contributed by atoms with Crippen molar-refractivity contribution in [3.05, 3.63) is 59.9 Å². The van der Waals surface area contributed by atoms with E-state index in [1.54, 1.807) is 41.3 Å². The maximum Gasteiger partial charge on any atom is 0.325 e. The number of benzene rings is 2. The SMILES string of the molecule is COc1ccccc1C(=O)NCC(=O)OCC(=O)N1CCN(c2ccc(F)cc2)CC1. The number of carbonyl (C=O) groups is 3. The Labute approximate surface area is 179 Å². The molecule has 2 amide bonds. The number of para-hydroxylation sites is 1. The van der Waals surface area contributed by atoms with Crippen molar-refractivity contribution in [2.24, 2.45) is 0 Å². The van der Waals surface area contributed by atoms with Crippen LogP contribution in [0.5, 0.6) is 5.75 Å². The number of piperazine rings is 1. The zero-order valence-electron chi connectivity index (χ0n) is 17.2. The van der Waals surface area contributed by atoms with Crippen molar-refractivity contribution in [3.8, 4) is 5.75 Å². The number of carbonyl (C=O) groups excluding carboxylic acids is 3. The number of esters is 1. The quantitative estimate of drug-likeness (QED) is 0.671. The van der Waals surface area contributed by atoms with Gasteiger partial charge in [0.25, 0.3) is 11.8 Å². The van der Waals surface area contributed by atoms with E-state index in [0.29, 0.717) is 37.5 Å². The Bertz CT molecular complexity index is 927. The lowest BCUT2D eigenvalue weighted by Gasteiger charge is -2.36. The van der Waals surface area contributed by atoms with E-state index in [0.717, 1.165) is 5.69 Å². The third kappa shape index (κ3) is 5.94. The van der Waals surface area contributed by atoms with Gasteiger partial charge in [0.05, 0.1) is 12.7 Å². The Morgan fingerprint density at radius 3 is 2.35 bits per heavy atom. The normalized spacial score (nSPS) is 13.5. The Morgan fingerprint density at radius 2 is 1.68 bits per heavy atom. The molecule has 2 aromatic carbocycles. The van der Waals surface area contributed by atoms with E-state index in [-0.39, 0.29) is 24.9 Å². The van der Waals surface area contributed by atoms with E-state index in [2.05, 4.69) is 10.2 Å². The highest BCUT2D eigenvalue weighted by atomic mass is 19.1. The molecule has 1 saturated heterocycles. The number of nitrogens with one attached hydrogen (secondary N) is 1. The number of hydrogen-bond acceptors (Lipinski definition) is 6. The summed E-state index contributed by atoms with van der Waals surface area (Å²) in [6.45, 7) is 1.39. The second kappa shape index (κ2) is 10.4. The molecule has 1 aliphatic heterocycles. The molecule has 3 rings (SSSR count). The molecule has 1 fully saturated rings. The Balaban J connectivity index is 1.39. The summed E-state index contributed by atoms with van der Waals surface area (Å²) in [5.74, 6) is -1.39. The van der Waals surface area contributed by atoms with Gasteiger partial charge in [-0.25, -0.2) is 4.39 Å². The molecule has 31 heavy (non-hydrogen) atoms. The molecule has 0 atom stereocenters. The smallest absolute Gasteiger partial charge is 0.325 e. The molecule has 0 bridgehead atoms. The van der Waals surface area contributed by atoms with E-state index in [1.807, 2.05) is 0 Å². The first-order valence-electron chi connectivity index (χ1n) is 9.83. The predicted molar refractivity (Wildman–Crippen MR) is 111 cm³/mol. The molecular weight excluding hydrogens is 405 g/mol. The minimum Gasteiger partial charge on any atom is -0.496 e. The van der Waals surface area contributed by atoms with Crippen molar-refractivity contribution >= 4 is 23.5 Å². The molecule has 1 aliphatic rings. The van der Waals surface area contributed by atoms with Crippen molar-refractivity contribution in [2.45, 2.75) is 0 Å². The topological polar surface area (TPSA) is 88.2 Å². The van der Waals surface area contributed by atoms with Crippen molar-refractivity contribution < 1.29 is 28.2 Å². The molecule has 164 valence electrons. The van der Waals surface area contributed by atoms with E-state index in [9.17, 15) is 18.8 Å². The van der Waals surface area contributed by atoms with Gasteiger partial charge >= 0.3 is 5.97 Å². The summed E-state index contributed by atoms with van der Waals surface area (Å²) in [7, 11) is 1.45. The van der Waals surface area contributed by atoms with Crippen LogP contribution < -0.4 is 15.0 Å². The van der Waals surface area contributed by atoms with Gasteiger partial charge in [0.2, 0.25) is 0 Å². The lowest BCUT2D eigenvalue weighted by atomic mass is 10.2. The summed E-state index contributed by atoms with van der Waals surface area (Å²) in [6, 6.07) is 12.8. The van der Waals surface area contributed by atoms with E-state index >= 15 is 0 Å². The van der Waals surface area contributed by atoms with Gasteiger partial charge in [-0.05, 0) is 36.4 Å². The van der Waals surface area contributed by atoms with Crippen molar-refractivity contribution in [2.75, 3.05) is 51.3 Å². The fraction of sp³-hybridized carbons (Fsp3) is 0.318. The third-order valence-corrected chi connectivity index (χ3v) is 4.93. The minimum absolute atomic E-state index is 0.293. The number of methoxy groups -OCH3 is 1. The van der Waals surface area contributed by atoms with Gasteiger partial charge in [-0.3, -0.25) is 14.4 Å². The first-order valence-corrected chi connectivity index (χ1v) is 9.83. The van der Waals surface area contributed by atoms with E-state index < -0.39 is 11.9 Å². The summed E-state index contributed by atoms with van der Waals surface area (Å²) >= 11 is 0. The zero-order chi connectivity index (χ0) is 22.2. The third-order valence-electron chi connectivity index (χ3n) is 4.93. The summed E-state index contributed by atoms with van der Waals surface area (Å²) in [5.41, 5.74) is 1.19. The fourth-order valence-corrected chi connectivity index (χ4v) is 3.23. The Kier molecular flexibility index (Phi) is 7.42. The number of hydrogen-bond donors (Lipinski definition) is 1. The Hall–Kier alpha value is -3.62.